The number of rotatable bonds is 8. The SMILES string of the molecule is CCCC(CS)COCCOC. The van der Waals surface area contributed by atoms with Crippen molar-refractivity contribution in [2.24, 2.45) is 5.92 Å². The molecular formula is C9H20O2S. The molecule has 2 nitrogen and oxygen atoms in total. The van der Waals surface area contributed by atoms with Gasteiger partial charge in [-0.25, -0.2) is 0 Å². The molecule has 0 amide bonds. The van der Waals surface area contributed by atoms with E-state index in [4.69, 9.17) is 9.47 Å². The minimum Gasteiger partial charge on any atom is -0.382 e. The molecule has 0 fully saturated rings. The van der Waals surface area contributed by atoms with Crippen LogP contribution in [0.2, 0.25) is 0 Å². The number of thiol groups is 1. The number of hydrogen-bond donors (Lipinski definition) is 1. The van der Waals surface area contributed by atoms with E-state index >= 15 is 0 Å². The Kier molecular flexibility index (Phi) is 9.57. The van der Waals surface area contributed by atoms with Crippen LogP contribution < -0.4 is 0 Å². The van der Waals surface area contributed by atoms with Gasteiger partial charge in [-0.15, -0.1) is 0 Å². The maximum Gasteiger partial charge on any atom is 0.0700 e. The Labute approximate surface area is 81.0 Å². The van der Waals surface area contributed by atoms with Crippen molar-refractivity contribution >= 4 is 12.6 Å². The first-order valence-electron chi connectivity index (χ1n) is 4.52. The number of ether oxygens (including phenoxy) is 2. The van der Waals surface area contributed by atoms with Crippen LogP contribution in [0, 0.1) is 5.92 Å². The Bertz CT molecular complexity index is 88.6. The molecule has 1 unspecified atom stereocenters. The second-order valence-electron chi connectivity index (χ2n) is 2.90. The summed E-state index contributed by atoms with van der Waals surface area (Å²) in [4.78, 5) is 0. The van der Waals surface area contributed by atoms with Gasteiger partial charge in [0.15, 0.2) is 0 Å². The fourth-order valence-corrected chi connectivity index (χ4v) is 1.32. The second kappa shape index (κ2) is 9.36. The van der Waals surface area contributed by atoms with Crippen LogP contribution >= 0.6 is 12.6 Å². The largest absolute Gasteiger partial charge is 0.382 e. The van der Waals surface area contributed by atoms with E-state index in [1.165, 1.54) is 12.8 Å². The zero-order chi connectivity index (χ0) is 9.23. The third kappa shape index (κ3) is 6.95. The summed E-state index contributed by atoms with van der Waals surface area (Å²) < 4.78 is 10.3. The van der Waals surface area contributed by atoms with Crippen molar-refractivity contribution in [1.82, 2.24) is 0 Å². The van der Waals surface area contributed by atoms with Gasteiger partial charge >= 0.3 is 0 Å². The smallest absolute Gasteiger partial charge is 0.0700 e. The molecule has 0 spiro atoms. The molecule has 0 aromatic carbocycles. The molecular weight excluding hydrogens is 172 g/mol. The lowest BCUT2D eigenvalue weighted by Crippen LogP contribution is -2.13. The van der Waals surface area contributed by atoms with Crippen LogP contribution in [-0.2, 0) is 9.47 Å². The van der Waals surface area contributed by atoms with Crippen LogP contribution in [-0.4, -0.2) is 32.7 Å². The highest BCUT2D eigenvalue weighted by molar-refractivity contribution is 7.80. The molecule has 0 radical (unpaired) electrons. The summed E-state index contributed by atoms with van der Waals surface area (Å²) in [5.74, 6) is 1.52. The first-order valence-corrected chi connectivity index (χ1v) is 5.15. The molecule has 0 bridgehead atoms. The topological polar surface area (TPSA) is 18.5 Å². The Balaban J connectivity index is 3.19. The van der Waals surface area contributed by atoms with Crippen molar-refractivity contribution in [3.63, 3.8) is 0 Å². The van der Waals surface area contributed by atoms with Crippen LogP contribution in [0.1, 0.15) is 19.8 Å². The summed E-state index contributed by atoms with van der Waals surface area (Å²) in [6, 6.07) is 0. The molecule has 0 aliphatic heterocycles. The highest BCUT2D eigenvalue weighted by Gasteiger charge is 2.04. The molecule has 0 aliphatic rings. The van der Waals surface area contributed by atoms with E-state index in [1.54, 1.807) is 7.11 Å². The molecule has 0 aliphatic carbocycles. The lowest BCUT2D eigenvalue weighted by atomic mass is 10.1. The average Bonchev–Trinajstić information content (AvgIpc) is 2.10. The maximum atomic E-state index is 5.41. The summed E-state index contributed by atoms with van der Waals surface area (Å²) in [5.41, 5.74) is 0. The van der Waals surface area contributed by atoms with Crippen molar-refractivity contribution in [1.29, 1.82) is 0 Å². The summed E-state index contributed by atoms with van der Waals surface area (Å²) in [6.07, 6.45) is 2.41. The molecule has 0 aromatic heterocycles. The fourth-order valence-electron chi connectivity index (χ4n) is 1.03. The third-order valence-electron chi connectivity index (χ3n) is 1.74. The van der Waals surface area contributed by atoms with E-state index in [0.717, 1.165) is 12.4 Å². The monoisotopic (exact) mass is 192 g/mol. The van der Waals surface area contributed by atoms with E-state index in [0.29, 0.717) is 19.1 Å². The first kappa shape index (κ1) is 12.3. The maximum absolute atomic E-state index is 5.41. The van der Waals surface area contributed by atoms with Gasteiger partial charge in [0.05, 0.1) is 19.8 Å². The quantitative estimate of drug-likeness (QED) is 0.468. The number of hydrogen-bond acceptors (Lipinski definition) is 3. The van der Waals surface area contributed by atoms with Crippen LogP contribution in [0.15, 0.2) is 0 Å². The molecule has 0 aromatic rings. The van der Waals surface area contributed by atoms with Crippen molar-refractivity contribution in [3.05, 3.63) is 0 Å². The van der Waals surface area contributed by atoms with Crippen LogP contribution in [0.25, 0.3) is 0 Å². The van der Waals surface area contributed by atoms with Crippen LogP contribution in [0.3, 0.4) is 0 Å². The molecule has 0 saturated heterocycles. The van der Waals surface area contributed by atoms with Gasteiger partial charge in [-0.1, -0.05) is 13.3 Å². The van der Waals surface area contributed by atoms with Crippen molar-refractivity contribution in [3.8, 4) is 0 Å². The first-order chi connectivity index (χ1) is 5.85. The van der Waals surface area contributed by atoms with E-state index in [1.807, 2.05) is 0 Å². The van der Waals surface area contributed by atoms with Gasteiger partial charge in [-0.2, -0.15) is 12.6 Å². The summed E-state index contributed by atoms with van der Waals surface area (Å²) in [6.45, 7) is 4.39. The van der Waals surface area contributed by atoms with E-state index in [2.05, 4.69) is 19.6 Å². The normalized spacial score (nSPS) is 13.2. The third-order valence-corrected chi connectivity index (χ3v) is 2.26. The van der Waals surface area contributed by atoms with E-state index in [9.17, 15) is 0 Å². The van der Waals surface area contributed by atoms with Crippen molar-refractivity contribution in [2.75, 3.05) is 32.7 Å². The number of methoxy groups -OCH3 is 1. The van der Waals surface area contributed by atoms with E-state index < -0.39 is 0 Å². The second-order valence-corrected chi connectivity index (χ2v) is 3.27. The Morgan fingerprint density at radius 3 is 2.58 bits per heavy atom. The molecule has 0 heterocycles. The van der Waals surface area contributed by atoms with Crippen LogP contribution in [0.4, 0.5) is 0 Å². The van der Waals surface area contributed by atoms with Crippen LogP contribution in [0.5, 0.6) is 0 Å². The average molecular weight is 192 g/mol. The Morgan fingerprint density at radius 1 is 1.33 bits per heavy atom. The Morgan fingerprint density at radius 2 is 2.08 bits per heavy atom. The molecule has 0 saturated carbocycles. The summed E-state index contributed by atoms with van der Waals surface area (Å²) in [7, 11) is 1.69. The van der Waals surface area contributed by atoms with E-state index in [-0.39, 0.29) is 0 Å². The van der Waals surface area contributed by atoms with Gasteiger partial charge in [-0.3, -0.25) is 0 Å². The van der Waals surface area contributed by atoms with Gasteiger partial charge in [0, 0.05) is 7.11 Å². The van der Waals surface area contributed by atoms with Gasteiger partial charge in [0.2, 0.25) is 0 Å². The minimum absolute atomic E-state index is 0.607. The van der Waals surface area contributed by atoms with Crippen molar-refractivity contribution in [2.45, 2.75) is 19.8 Å². The lowest BCUT2D eigenvalue weighted by Gasteiger charge is -2.12. The Hall–Kier alpha value is 0.270. The molecule has 0 rings (SSSR count). The molecule has 1 atom stereocenters. The van der Waals surface area contributed by atoms with Gasteiger partial charge in [-0.05, 0) is 18.1 Å². The van der Waals surface area contributed by atoms with Gasteiger partial charge < -0.3 is 9.47 Å². The zero-order valence-electron chi connectivity index (χ0n) is 8.08. The fraction of sp³-hybridized carbons (Fsp3) is 1.00. The predicted octanol–water partition coefficient (Wildman–Crippen LogP) is 2.00. The summed E-state index contributed by atoms with van der Waals surface area (Å²) in [5, 5.41) is 0. The predicted molar refractivity (Wildman–Crippen MR) is 54.9 cm³/mol. The summed E-state index contributed by atoms with van der Waals surface area (Å²) >= 11 is 4.26. The lowest BCUT2D eigenvalue weighted by molar-refractivity contribution is 0.0537. The standard InChI is InChI=1S/C9H20O2S/c1-3-4-9(8-12)7-11-6-5-10-2/h9,12H,3-8H2,1-2H3. The minimum atomic E-state index is 0.607. The molecule has 12 heavy (non-hydrogen) atoms. The van der Waals surface area contributed by atoms with Crippen molar-refractivity contribution < 1.29 is 9.47 Å². The molecule has 74 valence electrons. The highest BCUT2D eigenvalue weighted by atomic mass is 32.1. The van der Waals surface area contributed by atoms with Gasteiger partial charge in [0.1, 0.15) is 0 Å². The zero-order valence-corrected chi connectivity index (χ0v) is 8.98. The highest BCUT2D eigenvalue weighted by Crippen LogP contribution is 2.08. The molecule has 0 N–H and O–H groups in total. The van der Waals surface area contributed by atoms with Gasteiger partial charge in [0.25, 0.3) is 0 Å². The molecule has 3 heteroatoms.